The molecule has 2 aliphatic heterocycles. The van der Waals surface area contributed by atoms with Crippen LogP contribution in [-0.2, 0) is 11.3 Å². The molecule has 1 atom stereocenters. The van der Waals surface area contributed by atoms with Crippen LogP contribution in [0.1, 0.15) is 23.2 Å². The first-order valence-electron chi connectivity index (χ1n) is 8.48. The zero-order chi connectivity index (χ0) is 17.2. The van der Waals surface area contributed by atoms with Crippen molar-refractivity contribution in [2.45, 2.75) is 19.6 Å². The van der Waals surface area contributed by atoms with Crippen molar-refractivity contribution >= 4 is 0 Å². The van der Waals surface area contributed by atoms with Crippen molar-refractivity contribution in [1.29, 1.82) is 0 Å². The zero-order valence-electron chi connectivity index (χ0n) is 14.2. The van der Waals surface area contributed by atoms with Crippen molar-refractivity contribution in [2.24, 2.45) is 0 Å². The van der Waals surface area contributed by atoms with Crippen LogP contribution in [0.5, 0.6) is 11.5 Å². The molecule has 1 fully saturated rings. The Kier molecular flexibility index (Phi) is 4.42. The number of H-pyrrole nitrogens is 1. The molecule has 7 heteroatoms. The van der Waals surface area contributed by atoms with Gasteiger partial charge in [-0.25, -0.2) is 4.98 Å². The second-order valence-corrected chi connectivity index (χ2v) is 6.34. The van der Waals surface area contributed by atoms with Gasteiger partial charge in [-0.05, 0) is 24.6 Å². The summed E-state index contributed by atoms with van der Waals surface area (Å²) < 4.78 is 17.0. The van der Waals surface area contributed by atoms with E-state index >= 15 is 0 Å². The Labute approximate surface area is 145 Å². The van der Waals surface area contributed by atoms with Gasteiger partial charge in [0.25, 0.3) is 5.56 Å². The molecule has 0 radical (unpaired) electrons. The van der Waals surface area contributed by atoms with Crippen LogP contribution in [0.25, 0.3) is 0 Å². The second kappa shape index (κ2) is 6.85. The molecule has 2 aliphatic rings. The molecular formula is C18H21N3O4. The molecule has 7 nitrogen and oxygen atoms in total. The highest BCUT2D eigenvalue weighted by molar-refractivity contribution is 5.43. The van der Waals surface area contributed by atoms with Crippen molar-refractivity contribution in [2.75, 3.05) is 32.9 Å². The molecule has 4 rings (SSSR count). The highest BCUT2D eigenvalue weighted by atomic mass is 16.6. The standard InChI is InChI=1S/C18H21N3O4/c1-12-8-17(22)20-18(19-12)16-11-21(4-5-23-16)10-13-2-3-14-15(9-13)25-7-6-24-14/h2-3,8-9,16H,4-7,10-11H2,1H3,(H,19,20,22)/t16-/m1/s1. The van der Waals surface area contributed by atoms with E-state index in [0.717, 1.165) is 30.2 Å². The molecular weight excluding hydrogens is 322 g/mol. The maximum Gasteiger partial charge on any atom is 0.251 e. The summed E-state index contributed by atoms with van der Waals surface area (Å²) in [6, 6.07) is 7.54. The van der Waals surface area contributed by atoms with Gasteiger partial charge in [0.1, 0.15) is 25.1 Å². The molecule has 3 heterocycles. The normalized spacial score (nSPS) is 20.4. The first kappa shape index (κ1) is 16.1. The highest BCUT2D eigenvalue weighted by Gasteiger charge is 2.24. The van der Waals surface area contributed by atoms with Crippen LogP contribution in [0.2, 0.25) is 0 Å². The number of aromatic amines is 1. The molecule has 25 heavy (non-hydrogen) atoms. The van der Waals surface area contributed by atoms with Crippen molar-refractivity contribution in [3.63, 3.8) is 0 Å². The number of benzene rings is 1. The third-order valence-corrected chi connectivity index (χ3v) is 4.36. The molecule has 0 unspecified atom stereocenters. The third-order valence-electron chi connectivity index (χ3n) is 4.36. The summed E-state index contributed by atoms with van der Waals surface area (Å²) in [6.07, 6.45) is -0.224. The lowest BCUT2D eigenvalue weighted by Gasteiger charge is -2.32. The van der Waals surface area contributed by atoms with Crippen LogP contribution in [0.4, 0.5) is 0 Å². The summed E-state index contributed by atoms with van der Waals surface area (Å²) >= 11 is 0. The molecule has 1 N–H and O–H groups in total. The second-order valence-electron chi connectivity index (χ2n) is 6.34. The summed E-state index contributed by atoms with van der Waals surface area (Å²) in [6.45, 7) is 5.90. The Hall–Kier alpha value is -2.38. The van der Waals surface area contributed by atoms with E-state index in [1.165, 1.54) is 6.07 Å². The number of hydrogen-bond donors (Lipinski definition) is 1. The van der Waals surface area contributed by atoms with E-state index in [4.69, 9.17) is 14.2 Å². The molecule has 0 spiro atoms. The number of hydrogen-bond acceptors (Lipinski definition) is 6. The monoisotopic (exact) mass is 343 g/mol. The topological polar surface area (TPSA) is 76.7 Å². The Morgan fingerprint density at radius 2 is 2.04 bits per heavy atom. The van der Waals surface area contributed by atoms with Gasteiger partial charge in [0.2, 0.25) is 0 Å². The van der Waals surface area contributed by atoms with E-state index in [0.29, 0.717) is 37.9 Å². The number of morpholine rings is 1. The van der Waals surface area contributed by atoms with Gasteiger partial charge in [-0.1, -0.05) is 6.07 Å². The van der Waals surface area contributed by atoms with Crippen molar-refractivity contribution in [3.05, 3.63) is 51.7 Å². The molecule has 1 aromatic carbocycles. The minimum atomic E-state index is -0.224. The molecule has 1 aromatic heterocycles. The van der Waals surface area contributed by atoms with Crippen LogP contribution in [0.3, 0.4) is 0 Å². The molecule has 0 aliphatic carbocycles. The van der Waals surface area contributed by atoms with E-state index in [2.05, 4.69) is 20.9 Å². The minimum Gasteiger partial charge on any atom is -0.486 e. The summed E-state index contributed by atoms with van der Waals surface area (Å²) in [4.78, 5) is 21.2. The number of nitrogens with zero attached hydrogens (tertiary/aromatic N) is 2. The predicted molar refractivity (Wildman–Crippen MR) is 91.0 cm³/mol. The first-order chi connectivity index (χ1) is 12.2. The van der Waals surface area contributed by atoms with E-state index in [9.17, 15) is 4.79 Å². The van der Waals surface area contributed by atoms with Crippen LogP contribution >= 0.6 is 0 Å². The average Bonchev–Trinajstić information content (AvgIpc) is 2.61. The van der Waals surface area contributed by atoms with E-state index in [1.54, 1.807) is 0 Å². The maximum atomic E-state index is 11.7. The molecule has 0 amide bonds. The quantitative estimate of drug-likeness (QED) is 0.908. The largest absolute Gasteiger partial charge is 0.486 e. The van der Waals surface area contributed by atoms with Gasteiger partial charge in [0.15, 0.2) is 11.5 Å². The van der Waals surface area contributed by atoms with Crippen LogP contribution in [-0.4, -0.2) is 47.8 Å². The number of aromatic nitrogens is 2. The predicted octanol–water partition coefficient (Wildman–Crippen LogP) is 1.42. The lowest BCUT2D eigenvalue weighted by molar-refractivity contribution is -0.0374. The lowest BCUT2D eigenvalue weighted by Crippen LogP contribution is -2.39. The number of ether oxygens (including phenoxy) is 3. The van der Waals surface area contributed by atoms with Gasteiger partial charge >= 0.3 is 0 Å². The van der Waals surface area contributed by atoms with Gasteiger partial charge in [-0.3, -0.25) is 9.69 Å². The molecule has 0 bridgehead atoms. The van der Waals surface area contributed by atoms with Gasteiger partial charge in [0, 0.05) is 31.4 Å². The number of rotatable bonds is 3. The van der Waals surface area contributed by atoms with Gasteiger partial charge in [-0.2, -0.15) is 0 Å². The SMILES string of the molecule is Cc1cc(=O)[nH]c([C@H]2CN(Cc3ccc4c(c3)OCCO4)CCO2)n1. The van der Waals surface area contributed by atoms with Crippen LogP contribution in [0.15, 0.2) is 29.1 Å². The molecule has 2 aromatic rings. The fraction of sp³-hybridized carbons (Fsp3) is 0.444. The fourth-order valence-electron chi connectivity index (χ4n) is 3.21. The van der Waals surface area contributed by atoms with E-state index in [-0.39, 0.29) is 11.7 Å². The zero-order valence-corrected chi connectivity index (χ0v) is 14.2. The lowest BCUT2D eigenvalue weighted by atomic mass is 10.1. The summed E-state index contributed by atoms with van der Waals surface area (Å²) in [7, 11) is 0. The average molecular weight is 343 g/mol. The summed E-state index contributed by atoms with van der Waals surface area (Å²) in [5, 5.41) is 0. The maximum absolute atomic E-state index is 11.7. The van der Waals surface area contributed by atoms with Gasteiger partial charge in [0.05, 0.1) is 6.61 Å². The number of fused-ring (bicyclic) bond motifs is 1. The molecule has 1 saturated heterocycles. The van der Waals surface area contributed by atoms with Crippen molar-refractivity contribution < 1.29 is 14.2 Å². The number of aryl methyl sites for hydroxylation is 1. The van der Waals surface area contributed by atoms with E-state index in [1.807, 2.05) is 19.1 Å². The van der Waals surface area contributed by atoms with Crippen LogP contribution in [0, 0.1) is 6.92 Å². The minimum absolute atomic E-state index is 0.143. The summed E-state index contributed by atoms with van der Waals surface area (Å²) in [5.41, 5.74) is 1.72. The Morgan fingerprint density at radius 3 is 2.88 bits per heavy atom. The molecule has 0 saturated carbocycles. The smallest absolute Gasteiger partial charge is 0.251 e. The Balaban J connectivity index is 1.47. The highest BCUT2D eigenvalue weighted by Crippen LogP contribution is 2.31. The third kappa shape index (κ3) is 3.67. The van der Waals surface area contributed by atoms with Crippen molar-refractivity contribution in [1.82, 2.24) is 14.9 Å². The van der Waals surface area contributed by atoms with E-state index < -0.39 is 0 Å². The van der Waals surface area contributed by atoms with Gasteiger partial charge in [-0.15, -0.1) is 0 Å². The molecule has 132 valence electrons. The first-order valence-corrected chi connectivity index (χ1v) is 8.48. The van der Waals surface area contributed by atoms with Crippen molar-refractivity contribution in [3.8, 4) is 11.5 Å². The van der Waals surface area contributed by atoms with Crippen LogP contribution < -0.4 is 15.0 Å². The summed E-state index contributed by atoms with van der Waals surface area (Å²) in [5.74, 6) is 2.20. The Bertz CT molecular complexity index is 820. The number of nitrogens with one attached hydrogen (secondary N) is 1. The van der Waals surface area contributed by atoms with Gasteiger partial charge < -0.3 is 19.2 Å². The fourth-order valence-corrected chi connectivity index (χ4v) is 3.21. The Morgan fingerprint density at radius 1 is 1.20 bits per heavy atom.